The van der Waals surface area contributed by atoms with Gasteiger partial charge in [-0.2, -0.15) is 0 Å². The van der Waals surface area contributed by atoms with Gasteiger partial charge in [0.25, 0.3) is 5.56 Å². The van der Waals surface area contributed by atoms with Crippen molar-refractivity contribution in [1.29, 1.82) is 0 Å². The van der Waals surface area contributed by atoms with Crippen LogP contribution in [0.25, 0.3) is 21.3 Å². The van der Waals surface area contributed by atoms with Crippen molar-refractivity contribution in [1.82, 2.24) is 14.9 Å². The Morgan fingerprint density at radius 2 is 1.85 bits per heavy atom. The first kappa shape index (κ1) is 22.2. The van der Waals surface area contributed by atoms with E-state index in [2.05, 4.69) is 10.3 Å². The Morgan fingerprint density at radius 3 is 2.56 bits per heavy atom. The van der Waals surface area contributed by atoms with Crippen LogP contribution in [0.2, 0.25) is 0 Å². The molecule has 5 rings (SSSR count). The van der Waals surface area contributed by atoms with Gasteiger partial charge in [-0.3, -0.25) is 14.2 Å². The molecule has 8 heteroatoms. The van der Waals surface area contributed by atoms with Crippen LogP contribution < -0.4 is 10.9 Å². The average molecular weight is 490 g/mol. The number of nitrogens with one attached hydrogen (secondary N) is 1. The van der Waals surface area contributed by atoms with Gasteiger partial charge in [0.15, 0.2) is 0 Å². The van der Waals surface area contributed by atoms with Crippen LogP contribution in [-0.2, 0) is 11.3 Å². The van der Waals surface area contributed by atoms with E-state index in [1.54, 1.807) is 12.1 Å². The third-order valence-electron chi connectivity index (χ3n) is 5.57. The highest BCUT2D eigenvalue weighted by molar-refractivity contribution is 7.19. The molecule has 0 aliphatic carbocycles. The van der Waals surface area contributed by atoms with E-state index in [1.807, 2.05) is 54.8 Å². The van der Waals surface area contributed by atoms with Gasteiger partial charge < -0.3 is 5.32 Å². The molecule has 0 radical (unpaired) electrons. The predicted molar refractivity (Wildman–Crippen MR) is 135 cm³/mol. The van der Waals surface area contributed by atoms with E-state index in [0.717, 1.165) is 26.4 Å². The van der Waals surface area contributed by atoms with Gasteiger partial charge in [0.1, 0.15) is 17.2 Å². The van der Waals surface area contributed by atoms with Crippen LogP contribution in [0.4, 0.5) is 4.39 Å². The van der Waals surface area contributed by atoms with Crippen LogP contribution in [0.3, 0.4) is 0 Å². The Morgan fingerprint density at radius 1 is 1.09 bits per heavy atom. The third-order valence-corrected chi connectivity index (χ3v) is 7.52. The fourth-order valence-corrected chi connectivity index (χ4v) is 5.80. The first-order valence-electron chi connectivity index (χ1n) is 10.6. The smallest absolute Gasteiger partial charge is 0.263 e. The number of halogens is 1. The van der Waals surface area contributed by atoms with Crippen LogP contribution in [-0.4, -0.2) is 15.5 Å². The standard InChI is InChI=1S/C26H20FN3O2S2/c1-16-22(17-6-3-2-4-7-17)23-25(34-16)28-15-30(26(23)32)14-21(31)29-24(20-8-5-13-33-20)18-9-11-19(27)12-10-18/h2-13,15,24H,14H2,1H3,(H,29,31)/t24-/m0/s1. The number of carbonyl (C=O) groups excluding carboxylic acids is 1. The minimum atomic E-state index is -0.441. The minimum absolute atomic E-state index is 0.173. The number of aromatic nitrogens is 2. The van der Waals surface area contributed by atoms with Gasteiger partial charge in [0.2, 0.25) is 5.91 Å². The summed E-state index contributed by atoms with van der Waals surface area (Å²) in [5.74, 6) is -0.676. The van der Waals surface area contributed by atoms with Crippen molar-refractivity contribution in [2.45, 2.75) is 19.5 Å². The molecule has 3 heterocycles. The number of hydrogen-bond acceptors (Lipinski definition) is 5. The maximum absolute atomic E-state index is 13.4. The zero-order chi connectivity index (χ0) is 23.7. The molecular weight excluding hydrogens is 469 g/mol. The van der Waals surface area contributed by atoms with Crippen LogP contribution in [0.1, 0.15) is 21.4 Å². The van der Waals surface area contributed by atoms with Gasteiger partial charge in [-0.1, -0.05) is 48.5 Å². The van der Waals surface area contributed by atoms with Crippen molar-refractivity contribution in [2.75, 3.05) is 0 Å². The van der Waals surface area contributed by atoms with E-state index in [0.29, 0.717) is 10.2 Å². The summed E-state index contributed by atoms with van der Waals surface area (Å²) >= 11 is 2.97. The molecule has 0 spiro atoms. The maximum atomic E-state index is 13.4. The Labute approximate surface area is 203 Å². The second-order valence-corrected chi connectivity index (χ2v) is 10.0. The first-order chi connectivity index (χ1) is 16.5. The van der Waals surface area contributed by atoms with Gasteiger partial charge in [0.05, 0.1) is 17.8 Å². The molecule has 0 aliphatic heterocycles. The fraction of sp³-hybridized carbons (Fsp3) is 0.115. The molecule has 0 aliphatic rings. The summed E-state index contributed by atoms with van der Waals surface area (Å²) in [6.45, 7) is 1.80. The highest BCUT2D eigenvalue weighted by Gasteiger charge is 2.21. The van der Waals surface area contributed by atoms with Crippen LogP contribution in [0, 0.1) is 12.7 Å². The van der Waals surface area contributed by atoms with E-state index < -0.39 is 6.04 Å². The lowest BCUT2D eigenvalue weighted by molar-refractivity contribution is -0.122. The SMILES string of the molecule is Cc1sc2ncn(CC(=O)N[C@@H](c3ccc(F)cc3)c3cccs3)c(=O)c2c1-c1ccccc1. The number of carbonyl (C=O) groups is 1. The second-order valence-electron chi connectivity index (χ2n) is 7.82. The molecule has 0 fully saturated rings. The van der Waals surface area contributed by atoms with Crippen LogP contribution in [0.5, 0.6) is 0 Å². The van der Waals surface area contributed by atoms with Crippen molar-refractivity contribution >= 4 is 38.8 Å². The summed E-state index contributed by atoms with van der Waals surface area (Å²) in [5.41, 5.74) is 2.31. The third kappa shape index (κ3) is 4.30. The fourth-order valence-electron chi connectivity index (χ4n) is 3.99. The zero-order valence-corrected chi connectivity index (χ0v) is 19.8. The molecule has 0 unspecified atom stereocenters. The predicted octanol–water partition coefficient (Wildman–Crippen LogP) is 5.54. The molecule has 34 heavy (non-hydrogen) atoms. The van der Waals surface area contributed by atoms with Gasteiger partial charge in [-0.05, 0) is 41.6 Å². The molecule has 5 nitrogen and oxygen atoms in total. The molecule has 3 aromatic heterocycles. The number of rotatable bonds is 6. The van der Waals surface area contributed by atoms with Crippen molar-refractivity contribution in [3.8, 4) is 11.1 Å². The molecule has 5 aromatic rings. The Balaban J connectivity index is 1.47. The normalized spacial score (nSPS) is 12.1. The van der Waals surface area contributed by atoms with Gasteiger partial charge in [-0.25, -0.2) is 9.37 Å². The number of aryl methyl sites for hydroxylation is 1. The van der Waals surface area contributed by atoms with E-state index in [4.69, 9.17) is 0 Å². The van der Waals surface area contributed by atoms with Crippen LogP contribution >= 0.6 is 22.7 Å². The molecule has 1 atom stereocenters. The number of nitrogens with zero attached hydrogens (tertiary/aromatic N) is 2. The van der Waals surface area contributed by atoms with Gasteiger partial charge >= 0.3 is 0 Å². The topological polar surface area (TPSA) is 64.0 Å². The summed E-state index contributed by atoms with van der Waals surface area (Å²) in [6, 6.07) is 19.1. The van der Waals surface area contributed by atoms with E-state index in [9.17, 15) is 14.0 Å². The van der Waals surface area contributed by atoms with Gasteiger partial charge in [0, 0.05) is 15.3 Å². The Bertz CT molecular complexity index is 1510. The highest BCUT2D eigenvalue weighted by atomic mass is 32.1. The minimum Gasteiger partial charge on any atom is -0.343 e. The van der Waals surface area contributed by atoms with Crippen molar-refractivity contribution in [2.24, 2.45) is 0 Å². The summed E-state index contributed by atoms with van der Waals surface area (Å²) in [5, 5.41) is 5.44. The molecule has 170 valence electrons. The maximum Gasteiger partial charge on any atom is 0.263 e. The molecule has 1 amide bonds. The number of benzene rings is 2. The van der Waals surface area contributed by atoms with E-state index in [-0.39, 0.29) is 23.8 Å². The second kappa shape index (κ2) is 9.32. The zero-order valence-electron chi connectivity index (χ0n) is 18.2. The van der Waals surface area contributed by atoms with Crippen molar-refractivity contribution in [3.05, 3.63) is 110 Å². The Hall–Kier alpha value is -3.62. The summed E-state index contributed by atoms with van der Waals surface area (Å²) < 4.78 is 14.8. The summed E-state index contributed by atoms with van der Waals surface area (Å²) in [7, 11) is 0. The van der Waals surface area contributed by atoms with Crippen LogP contribution in [0.15, 0.2) is 83.2 Å². The average Bonchev–Trinajstić information content (AvgIpc) is 3.49. The van der Waals surface area contributed by atoms with Crippen molar-refractivity contribution < 1.29 is 9.18 Å². The number of fused-ring (bicyclic) bond motifs is 1. The lowest BCUT2D eigenvalue weighted by Crippen LogP contribution is -2.35. The molecule has 0 saturated heterocycles. The van der Waals surface area contributed by atoms with E-state index >= 15 is 0 Å². The highest BCUT2D eigenvalue weighted by Crippen LogP contribution is 2.35. The number of hydrogen-bond donors (Lipinski definition) is 1. The van der Waals surface area contributed by atoms with Gasteiger partial charge in [-0.15, -0.1) is 22.7 Å². The molecule has 2 aromatic carbocycles. The monoisotopic (exact) mass is 489 g/mol. The largest absolute Gasteiger partial charge is 0.343 e. The lowest BCUT2D eigenvalue weighted by Gasteiger charge is -2.18. The summed E-state index contributed by atoms with van der Waals surface area (Å²) in [6.07, 6.45) is 1.42. The quantitative estimate of drug-likeness (QED) is 0.341. The molecule has 1 N–H and O–H groups in total. The first-order valence-corrected chi connectivity index (χ1v) is 12.3. The molecule has 0 saturated carbocycles. The lowest BCUT2D eigenvalue weighted by atomic mass is 10.0. The number of amides is 1. The molecule has 0 bridgehead atoms. The molecular formula is C26H20FN3O2S2. The Kier molecular flexibility index (Phi) is 6.08. The van der Waals surface area contributed by atoms with Crippen molar-refractivity contribution in [3.63, 3.8) is 0 Å². The number of thiophene rings is 2. The summed E-state index contributed by atoms with van der Waals surface area (Å²) in [4.78, 5) is 33.5. The van der Waals surface area contributed by atoms with E-state index in [1.165, 1.54) is 45.7 Å².